The van der Waals surface area contributed by atoms with Crippen LogP contribution in [0.2, 0.25) is 5.02 Å². The highest BCUT2D eigenvalue weighted by atomic mass is 35.5. The molecule has 0 aliphatic heterocycles. The van der Waals surface area contributed by atoms with E-state index in [-0.39, 0.29) is 17.7 Å². The second kappa shape index (κ2) is 6.93. The number of methoxy groups -OCH3 is 2. The van der Waals surface area contributed by atoms with E-state index >= 15 is 0 Å². The fourth-order valence-electron chi connectivity index (χ4n) is 2.33. The molecule has 10 heteroatoms. The van der Waals surface area contributed by atoms with Gasteiger partial charge in [-0.05, 0) is 18.2 Å². The topological polar surface area (TPSA) is 78.6 Å². The van der Waals surface area contributed by atoms with E-state index in [0.29, 0.717) is 10.5 Å². The van der Waals surface area contributed by atoms with E-state index in [2.05, 4.69) is 14.7 Å². The number of rotatable bonds is 6. The molecule has 0 aliphatic carbocycles. The van der Waals surface area contributed by atoms with E-state index in [1.807, 2.05) is 12.1 Å². The summed E-state index contributed by atoms with van der Waals surface area (Å²) >= 11 is 6.04. The average Bonchev–Trinajstić information content (AvgIpc) is 3.04. The summed E-state index contributed by atoms with van der Waals surface area (Å²) in [5.74, 6) is -0.962. The molecule has 0 radical (unpaired) electrons. The van der Waals surface area contributed by atoms with Crippen molar-refractivity contribution >= 4 is 22.5 Å². The predicted molar refractivity (Wildman–Crippen MR) is 89.6 cm³/mol. The van der Waals surface area contributed by atoms with Crippen LogP contribution in [0.25, 0.3) is 16.9 Å². The summed E-state index contributed by atoms with van der Waals surface area (Å²) < 4.78 is 43.0. The molecule has 0 atom stereocenters. The van der Waals surface area contributed by atoms with Gasteiger partial charge < -0.3 is 19.3 Å². The number of ether oxygens (including phenoxy) is 3. The lowest BCUT2D eigenvalue weighted by atomic mass is 10.2. The van der Waals surface area contributed by atoms with Gasteiger partial charge in [-0.1, -0.05) is 17.7 Å². The molecule has 1 N–H and O–H groups in total. The minimum absolute atomic E-state index is 0.107. The van der Waals surface area contributed by atoms with Gasteiger partial charge in [0.1, 0.15) is 6.61 Å². The fraction of sp³-hybridized carbons (Fsp3) is 0.250. The first kappa shape index (κ1) is 18.2. The Morgan fingerprint density at radius 2 is 1.81 bits per heavy atom. The van der Waals surface area contributed by atoms with Crippen molar-refractivity contribution in [1.29, 1.82) is 0 Å². The first-order chi connectivity index (χ1) is 12.4. The lowest BCUT2D eigenvalue weighted by molar-refractivity contribution is -0.202. The molecule has 1 aromatic carbocycles. The summed E-state index contributed by atoms with van der Waals surface area (Å²) in [5, 5.41) is 10.1. The maximum atomic E-state index is 13.4. The van der Waals surface area contributed by atoms with Crippen LogP contribution in [0.1, 0.15) is 0 Å². The van der Waals surface area contributed by atoms with Gasteiger partial charge >= 0.3 is 6.11 Å². The number of aliphatic hydroxyl groups excluding tert-OH is 1. The first-order valence-electron chi connectivity index (χ1n) is 7.33. The van der Waals surface area contributed by atoms with Crippen molar-refractivity contribution in [3.8, 4) is 23.5 Å². The first-order valence-corrected chi connectivity index (χ1v) is 7.71. The molecular formula is C16H14ClF2N3O4. The third-order valence-corrected chi connectivity index (χ3v) is 3.72. The van der Waals surface area contributed by atoms with E-state index < -0.39 is 18.5 Å². The average molecular weight is 386 g/mol. The van der Waals surface area contributed by atoms with Crippen LogP contribution in [0.5, 0.6) is 17.5 Å². The van der Waals surface area contributed by atoms with Crippen LogP contribution in [0.3, 0.4) is 0 Å². The molecule has 0 saturated carbocycles. The molecule has 0 amide bonds. The Kier molecular flexibility index (Phi) is 4.84. The maximum absolute atomic E-state index is 13.4. The van der Waals surface area contributed by atoms with Gasteiger partial charge in [0, 0.05) is 16.6 Å². The molecule has 0 spiro atoms. The van der Waals surface area contributed by atoms with Gasteiger partial charge in [-0.15, -0.1) is 0 Å². The highest BCUT2D eigenvalue weighted by Crippen LogP contribution is 2.38. The predicted octanol–water partition coefficient (Wildman–Crippen LogP) is 3.06. The minimum Gasteiger partial charge on any atom is -0.478 e. The van der Waals surface area contributed by atoms with E-state index in [0.717, 1.165) is 5.39 Å². The van der Waals surface area contributed by atoms with Crippen LogP contribution in [-0.4, -0.2) is 46.6 Å². The number of alkyl halides is 2. The third kappa shape index (κ3) is 3.35. The van der Waals surface area contributed by atoms with Crippen molar-refractivity contribution in [3.63, 3.8) is 0 Å². The van der Waals surface area contributed by atoms with Crippen LogP contribution in [-0.2, 0) is 0 Å². The van der Waals surface area contributed by atoms with Gasteiger partial charge in [-0.25, -0.2) is 0 Å². The lowest BCUT2D eigenvalue weighted by Crippen LogP contribution is -2.29. The Bertz CT molecular complexity index is 923. The molecule has 7 nitrogen and oxygen atoms in total. The summed E-state index contributed by atoms with van der Waals surface area (Å²) in [7, 11) is 2.47. The minimum atomic E-state index is -3.85. The summed E-state index contributed by atoms with van der Waals surface area (Å²) in [6, 6.07) is 7.09. The number of hydrogen-bond acceptors (Lipinski definition) is 6. The Hall–Kier alpha value is -2.65. The molecule has 26 heavy (non-hydrogen) atoms. The van der Waals surface area contributed by atoms with Crippen molar-refractivity contribution in [3.05, 3.63) is 35.5 Å². The summed E-state index contributed by atoms with van der Waals surface area (Å²) in [5.41, 5.74) is 0.705. The molecular weight excluding hydrogens is 372 g/mol. The van der Waals surface area contributed by atoms with Crippen LogP contribution < -0.4 is 14.2 Å². The van der Waals surface area contributed by atoms with Crippen LogP contribution in [0.4, 0.5) is 8.78 Å². The molecule has 3 aromatic rings. The van der Waals surface area contributed by atoms with E-state index in [9.17, 15) is 8.78 Å². The standard InChI is InChI=1S/C16H14ClF2N3O4/c1-24-13-12(26-16(18,19)8-23)14(25-2)21-15(20-13)22-6-5-9-3-4-10(17)7-11(9)22/h3-7,23H,8H2,1-2H3. The number of nitrogens with zero attached hydrogens (tertiary/aromatic N) is 3. The van der Waals surface area contributed by atoms with Gasteiger partial charge in [0.15, 0.2) is 0 Å². The van der Waals surface area contributed by atoms with Gasteiger partial charge in [0.05, 0.1) is 19.7 Å². The largest absolute Gasteiger partial charge is 0.478 e. The smallest absolute Gasteiger partial charge is 0.422 e. The van der Waals surface area contributed by atoms with Gasteiger partial charge in [-0.3, -0.25) is 4.57 Å². The molecule has 0 fully saturated rings. The molecule has 2 heterocycles. The molecule has 138 valence electrons. The summed E-state index contributed by atoms with van der Waals surface area (Å²) in [6.07, 6.45) is -2.16. The lowest BCUT2D eigenvalue weighted by Gasteiger charge is -2.19. The van der Waals surface area contributed by atoms with Crippen LogP contribution >= 0.6 is 11.6 Å². The van der Waals surface area contributed by atoms with E-state index in [4.69, 9.17) is 26.2 Å². The molecule has 0 bridgehead atoms. The zero-order valence-corrected chi connectivity index (χ0v) is 14.5. The van der Waals surface area contributed by atoms with Gasteiger partial charge in [0.2, 0.25) is 11.7 Å². The highest BCUT2D eigenvalue weighted by molar-refractivity contribution is 6.31. The number of halogens is 3. The van der Waals surface area contributed by atoms with Crippen LogP contribution in [0.15, 0.2) is 30.5 Å². The maximum Gasteiger partial charge on any atom is 0.422 e. The monoisotopic (exact) mass is 385 g/mol. The number of fused-ring (bicyclic) bond motifs is 1. The summed E-state index contributed by atoms with van der Waals surface area (Å²) in [4.78, 5) is 8.21. The molecule has 2 aromatic heterocycles. The zero-order valence-electron chi connectivity index (χ0n) is 13.7. The molecule has 3 rings (SSSR count). The number of hydrogen-bond donors (Lipinski definition) is 1. The third-order valence-electron chi connectivity index (χ3n) is 3.48. The normalized spacial score (nSPS) is 11.6. The van der Waals surface area contributed by atoms with Crippen molar-refractivity contribution in [2.45, 2.75) is 6.11 Å². The molecule has 0 saturated heterocycles. The SMILES string of the molecule is COc1nc(-n2ccc3ccc(Cl)cc32)nc(OC)c1OC(F)(F)CO. The van der Waals surface area contributed by atoms with E-state index in [1.54, 1.807) is 22.9 Å². The van der Waals surface area contributed by atoms with Crippen molar-refractivity contribution in [1.82, 2.24) is 14.5 Å². The molecule has 0 aliphatic rings. The molecule has 0 unspecified atom stereocenters. The summed E-state index contributed by atoms with van der Waals surface area (Å²) in [6.45, 7) is -1.53. The number of benzene rings is 1. The number of aromatic nitrogens is 3. The second-order valence-corrected chi connectivity index (χ2v) is 5.59. The van der Waals surface area contributed by atoms with Gasteiger partial charge in [0.25, 0.3) is 11.8 Å². The Morgan fingerprint density at radius 3 is 2.38 bits per heavy atom. The Labute approximate surface area is 151 Å². The van der Waals surface area contributed by atoms with Crippen molar-refractivity contribution in [2.75, 3.05) is 20.8 Å². The van der Waals surface area contributed by atoms with E-state index in [1.165, 1.54) is 14.2 Å². The zero-order chi connectivity index (χ0) is 18.9. The fourth-order valence-corrected chi connectivity index (χ4v) is 2.50. The highest BCUT2D eigenvalue weighted by Gasteiger charge is 2.35. The quantitative estimate of drug-likeness (QED) is 0.702. The van der Waals surface area contributed by atoms with Crippen molar-refractivity contribution < 1.29 is 28.1 Å². The van der Waals surface area contributed by atoms with Crippen molar-refractivity contribution in [2.24, 2.45) is 0 Å². The second-order valence-electron chi connectivity index (χ2n) is 5.16. The van der Waals surface area contributed by atoms with Crippen LogP contribution in [0, 0.1) is 0 Å². The Balaban J connectivity index is 2.16. The van der Waals surface area contributed by atoms with Gasteiger partial charge in [-0.2, -0.15) is 18.7 Å². The number of aliphatic hydroxyl groups is 1. The Morgan fingerprint density at radius 1 is 1.15 bits per heavy atom.